The number of aryl methyl sites for hydroxylation is 2. The van der Waals surface area contributed by atoms with Gasteiger partial charge in [0.1, 0.15) is 5.69 Å². The number of hydrogen-bond donors (Lipinski definition) is 2. The van der Waals surface area contributed by atoms with E-state index in [1.807, 2.05) is 19.1 Å². The highest BCUT2D eigenvalue weighted by Gasteiger charge is 2.14. The van der Waals surface area contributed by atoms with Crippen molar-refractivity contribution in [3.63, 3.8) is 0 Å². The van der Waals surface area contributed by atoms with Crippen molar-refractivity contribution < 1.29 is 0 Å². The molecule has 2 N–H and O–H groups in total. The number of nitrogens with one attached hydrogen (secondary N) is 2. The van der Waals surface area contributed by atoms with E-state index in [-0.39, 0.29) is 0 Å². The van der Waals surface area contributed by atoms with Gasteiger partial charge in [-0.05, 0) is 51.0 Å². The lowest BCUT2D eigenvalue weighted by atomic mass is 10.1. The van der Waals surface area contributed by atoms with Crippen LogP contribution in [0.15, 0.2) is 18.2 Å². The second kappa shape index (κ2) is 4.63. The third-order valence-corrected chi connectivity index (χ3v) is 3.78. The van der Waals surface area contributed by atoms with Crippen LogP contribution in [-0.2, 0) is 0 Å². The summed E-state index contributed by atoms with van der Waals surface area (Å²) in [6.07, 6.45) is 4.01. The van der Waals surface area contributed by atoms with Crippen LogP contribution in [0.25, 0.3) is 28.6 Å². The predicted octanol–water partition coefficient (Wildman–Crippen LogP) is 3.91. The largest absolute Gasteiger partial charge is 0.337 e. The van der Waals surface area contributed by atoms with Crippen LogP contribution in [-0.4, -0.2) is 20.2 Å². The zero-order valence-electron chi connectivity index (χ0n) is 12.2. The minimum absolute atomic E-state index is 0.818. The lowest BCUT2D eigenvalue weighted by Crippen LogP contribution is -1.84. The summed E-state index contributed by atoms with van der Waals surface area (Å²) in [4.78, 5) is 8.07. The monoisotopic (exact) mass is 266 g/mol. The number of aromatic nitrogens is 4. The number of nitrogens with zero attached hydrogens (tertiary/aromatic N) is 2. The number of benzene rings is 1. The summed E-state index contributed by atoms with van der Waals surface area (Å²) in [5, 5.41) is 7.43. The van der Waals surface area contributed by atoms with Gasteiger partial charge in [0, 0.05) is 5.56 Å². The highest BCUT2D eigenvalue weighted by Crippen LogP contribution is 2.26. The Balaban J connectivity index is 2.18. The molecule has 102 valence electrons. The minimum atomic E-state index is 0.818. The second-order valence-corrected chi connectivity index (χ2v) is 5.10. The molecule has 0 atom stereocenters. The van der Waals surface area contributed by atoms with Gasteiger partial charge in [0.25, 0.3) is 0 Å². The zero-order valence-corrected chi connectivity index (χ0v) is 12.2. The van der Waals surface area contributed by atoms with Gasteiger partial charge in [-0.15, -0.1) is 0 Å². The Bertz CT molecular complexity index is 805. The average Bonchev–Trinajstić information content (AvgIpc) is 3.00. The molecule has 0 amide bonds. The van der Waals surface area contributed by atoms with Gasteiger partial charge in [0.05, 0.1) is 16.7 Å². The third kappa shape index (κ3) is 1.84. The Labute approximate surface area is 117 Å². The molecule has 0 aliphatic carbocycles. The summed E-state index contributed by atoms with van der Waals surface area (Å²) in [5.74, 6) is 0.818. The summed E-state index contributed by atoms with van der Waals surface area (Å²) in [6.45, 7) is 8.25. The first-order valence-corrected chi connectivity index (χ1v) is 6.75. The maximum Gasteiger partial charge on any atom is 0.159 e. The van der Waals surface area contributed by atoms with Crippen molar-refractivity contribution in [2.75, 3.05) is 0 Å². The molecule has 1 aromatic carbocycles. The van der Waals surface area contributed by atoms with Crippen LogP contribution in [0.2, 0.25) is 0 Å². The molecule has 2 heterocycles. The molecule has 0 aliphatic heterocycles. The smallest absolute Gasteiger partial charge is 0.159 e. The molecule has 0 spiro atoms. The summed E-state index contributed by atoms with van der Waals surface area (Å²) < 4.78 is 0. The second-order valence-electron chi connectivity index (χ2n) is 5.10. The molecule has 0 unspecified atom stereocenters. The molecule has 4 nitrogen and oxygen atoms in total. The molecular weight excluding hydrogens is 248 g/mol. The Kier molecular flexibility index (Phi) is 2.93. The fraction of sp³-hybridized carbons (Fsp3) is 0.250. The molecule has 20 heavy (non-hydrogen) atoms. The van der Waals surface area contributed by atoms with E-state index < -0.39 is 0 Å². The van der Waals surface area contributed by atoms with Crippen molar-refractivity contribution in [1.29, 1.82) is 0 Å². The van der Waals surface area contributed by atoms with Crippen molar-refractivity contribution in [2.24, 2.45) is 0 Å². The number of H-pyrrole nitrogens is 2. The van der Waals surface area contributed by atoms with Crippen molar-refractivity contribution in [3.05, 3.63) is 40.6 Å². The molecule has 3 rings (SSSR count). The summed E-state index contributed by atoms with van der Waals surface area (Å²) in [6, 6.07) is 4.19. The Morgan fingerprint density at radius 1 is 1.10 bits per heavy atom. The van der Waals surface area contributed by atoms with Crippen molar-refractivity contribution >= 4 is 17.1 Å². The molecule has 0 saturated heterocycles. The van der Waals surface area contributed by atoms with Crippen LogP contribution in [0.1, 0.15) is 29.3 Å². The third-order valence-electron chi connectivity index (χ3n) is 3.78. The normalized spacial score (nSPS) is 11.8. The van der Waals surface area contributed by atoms with Crippen LogP contribution < -0.4 is 0 Å². The fourth-order valence-corrected chi connectivity index (χ4v) is 2.40. The van der Waals surface area contributed by atoms with Crippen LogP contribution in [0.3, 0.4) is 0 Å². The standard InChI is InChI=1S/C16H18N4/c1-5-6-12-11(4)15(20-19-12)16-17-13-8-7-9(2)10(3)14(13)18-16/h5-8H,1-4H3,(H,17,18)(H,19,20)/b6-5-. The molecule has 0 fully saturated rings. The summed E-state index contributed by atoms with van der Waals surface area (Å²) in [7, 11) is 0. The lowest BCUT2D eigenvalue weighted by Gasteiger charge is -1.98. The Hall–Kier alpha value is -2.36. The van der Waals surface area contributed by atoms with Gasteiger partial charge < -0.3 is 4.98 Å². The predicted molar refractivity (Wildman–Crippen MR) is 82.6 cm³/mol. The van der Waals surface area contributed by atoms with Gasteiger partial charge >= 0.3 is 0 Å². The summed E-state index contributed by atoms with van der Waals surface area (Å²) >= 11 is 0. The maximum atomic E-state index is 4.72. The molecule has 0 saturated carbocycles. The van der Waals surface area contributed by atoms with Gasteiger partial charge in [-0.1, -0.05) is 12.1 Å². The van der Waals surface area contributed by atoms with Gasteiger partial charge in [-0.2, -0.15) is 5.10 Å². The minimum Gasteiger partial charge on any atom is -0.337 e. The van der Waals surface area contributed by atoms with Crippen molar-refractivity contribution in [2.45, 2.75) is 27.7 Å². The van der Waals surface area contributed by atoms with Crippen LogP contribution >= 0.6 is 0 Å². The first-order chi connectivity index (χ1) is 9.61. The molecule has 2 aromatic heterocycles. The van der Waals surface area contributed by atoms with E-state index in [1.165, 1.54) is 11.1 Å². The first kappa shape index (κ1) is 12.7. The molecule has 0 bridgehead atoms. The van der Waals surface area contributed by atoms with E-state index in [1.54, 1.807) is 0 Å². The lowest BCUT2D eigenvalue weighted by molar-refractivity contribution is 1.07. The fourth-order valence-electron chi connectivity index (χ4n) is 2.40. The molecule has 0 radical (unpaired) electrons. The van der Waals surface area contributed by atoms with Crippen molar-refractivity contribution in [3.8, 4) is 11.5 Å². The molecule has 0 aliphatic rings. The highest BCUT2D eigenvalue weighted by molar-refractivity contribution is 5.83. The SMILES string of the molecule is C/C=C\c1[nH]nc(-c2nc3c(C)c(C)ccc3[nH]2)c1C. The number of rotatable bonds is 2. The van der Waals surface area contributed by atoms with Gasteiger partial charge in [-0.3, -0.25) is 5.10 Å². The number of hydrogen-bond acceptors (Lipinski definition) is 2. The maximum absolute atomic E-state index is 4.72. The topological polar surface area (TPSA) is 57.4 Å². The number of allylic oxidation sites excluding steroid dienone is 1. The molecular formula is C16H18N4. The molecule has 4 heteroatoms. The number of imidazole rings is 1. The van der Waals surface area contributed by atoms with Gasteiger partial charge in [0.15, 0.2) is 5.82 Å². The molecule has 3 aromatic rings. The van der Waals surface area contributed by atoms with Crippen LogP contribution in [0.4, 0.5) is 0 Å². The zero-order chi connectivity index (χ0) is 14.3. The van der Waals surface area contributed by atoms with E-state index in [2.05, 4.69) is 48.1 Å². The van der Waals surface area contributed by atoms with Crippen molar-refractivity contribution in [1.82, 2.24) is 20.2 Å². The van der Waals surface area contributed by atoms with Crippen LogP contribution in [0.5, 0.6) is 0 Å². The van der Waals surface area contributed by atoms with E-state index in [9.17, 15) is 0 Å². The van der Waals surface area contributed by atoms with E-state index in [4.69, 9.17) is 4.98 Å². The number of aromatic amines is 2. The van der Waals surface area contributed by atoms with E-state index >= 15 is 0 Å². The van der Waals surface area contributed by atoms with Crippen LogP contribution in [0, 0.1) is 20.8 Å². The Morgan fingerprint density at radius 2 is 1.90 bits per heavy atom. The quantitative estimate of drug-likeness (QED) is 0.738. The summed E-state index contributed by atoms with van der Waals surface area (Å²) in [5.41, 5.74) is 7.56. The Morgan fingerprint density at radius 3 is 2.65 bits per heavy atom. The van der Waals surface area contributed by atoms with E-state index in [0.29, 0.717) is 0 Å². The highest BCUT2D eigenvalue weighted by atomic mass is 15.1. The van der Waals surface area contributed by atoms with E-state index in [0.717, 1.165) is 33.8 Å². The van der Waals surface area contributed by atoms with Gasteiger partial charge in [0.2, 0.25) is 0 Å². The van der Waals surface area contributed by atoms with Gasteiger partial charge in [-0.25, -0.2) is 4.98 Å². The number of fused-ring (bicyclic) bond motifs is 1. The average molecular weight is 266 g/mol. The first-order valence-electron chi connectivity index (χ1n) is 6.75.